The molecule has 0 N–H and O–H groups in total. The van der Waals surface area contributed by atoms with E-state index in [2.05, 4.69) is 4.74 Å². The number of carbonyl (C=O) groups is 2. The Kier molecular flexibility index (Phi) is 1.54. The first-order valence-electron chi connectivity index (χ1n) is 4.60. The molecule has 0 aliphatic carbocycles. The molecule has 5 nitrogen and oxygen atoms in total. The number of rotatable bonds is 0. The van der Waals surface area contributed by atoms with E-state index >= 15 is 0 Å². The number of esters is 1. The van der Waals surface area contributed by atoms with E-state index in [-0.39, 0.29) is 11.3 Å². The van der Waals surface area contributed by atoms with Gasteiger partial charge in [-0.05, 0) is 12.1 Å². The molecule has 0 amide bonds. The number of benzene rings is 1. The van der Waals surface area contributed by atoms with Gasteiger partial charge in [0.2, 0.25) is 5.88 Å². The highest BCUT2D eigenvalue weighted by Gasteiger charge is 2.31. The molecule has 0 saturated heterocycles. The van der Waals surface area contributed by atoms with Gasteiger partial charge in [-0.3, -0.25) is 9.59 Å². The van der Waals surface area contributed by atoms with E-state index in [0.29, 0.717) is 10.9 Å². The van der Waals surface area contributed by atoms with Crippen LogP contribution in [0.15, 0.2) is 35.1 Å². The van der Waals surface area contributed by atoms with Gasteiger partial charge in [0.15, 0.2) is 5.43 Å². The average molecular weight is 215 g/mol. The first kappa shape index (κ1) is 8.84. The summed E-state index contributed by atoms with van der Waals surface area (Å²) >= 11 is 0. The third kappa shape index (κ3) is 0.967. The van der Waals surface area contributed by atoms with Gasteiger partial charge in [0.05, 0.1) is 5.52 Å². The van der Waals surface area contributed by atoms with Gasteiger partial charge in [0, 0.05) is 11.5 Å². The number of nitrogens with zero attached hydrogens (tertiary/aromatic N) is 1. The molecule has 0 spiro atoms. The van der Waals surface area contributed by atoms with Crippen LogP contribution in [0.3, 0.4) is 0 Å². The van der Waals surface area contributed by atoms with Crippen molar-refractivity contribution in [3.8, 4) is 5.88 Å². The van der Waals surface area contributed by atoms with Gasteiger partial charge in [-0.1, -0.05) is 12.1 Å². The fourth-order valence-corrected chi connectivity index (χ4v) is 1.76. The first-order valence-corrected chi connectivity index (χ1v) is 4.60. The fraction of sp³-hybridized carbons (Fsp3) is 0. The maximum absolute atomic E-state index is 11.6. The number of pyridine rings is 1. The topological polar surface area (TPSA) is 65.4 Å². The van der Waals surface area contributed by atoms with Crippen molar-refractivity contribution < 1.29 is 14.3 Å². The Labute approximate surface area is 88.9 Å². The smallest absolute Gasteiger partial charge is 0.401 e. The molecule has 3 rings (SSSR count). The summed E-state index contributed by atoms with van der Waals surface area (Å²) < 4.78 is 5.79. The summed E-state index contributed by atoms with van der Waals surface area (Å²) in [7, 11) is 0. The lowest BCUT2D eigenvalue weighted by molar-refractivity contribution is -0.128. The van der Waals surface area contributed by atoms with Crippen LogP contribution in [0.5, 0.6) is 5.88 Å². The number of ether oxygens (including phenoxy) is 1. The van der Waals surface area contributed by atoms with Gasteiger partial charge in [0.25, 0.3) is 0 Å². The summed E-state index contributed by atoms with van der Waals surface area (Å²) in [6.45, 7) is 0. The molecule has 1 aromatic heterocycles. The molecule has 0 fully saturated rings. The van der Waals surface area contributed by atoms with Gasteiger partial charge in [-0.2, -0.15) is 0 Å². The highest BCUT2D eigenvalue weighted by atomic mass is 16.6. The summed E-state index contributed by atoms with van der Waals surface area (Å²) in [4.78, 5) is 34.2. The molecule has 1 aromatic carbocycles. The van der Waals surface area contributed by atoms with E-state index < -0.39 is 11.9 Å². The van der Waals surface area contributed by atoms with Gasteiger partial charge < -0.3 is 4.74 Å². The average Bonchev–Trinajstić information content (AvgIpc) is 2.55. The molecular formula is C11H5NO4. The number of aromatic nitrogens is 1. The number of carbonyl (C=O) groups excluding carboxylic acids is 2. The minimum Gasteiger partial charge on any atom is -0.401 e. The second-order valence-corrected chi connectivity index (χ2v) is 3.39. The van der Waals surface area contributed by atoms with Gasteiger partial charge in [0.1, 0.15) is 0 Å². The molecule has 1 aliphatic heterocycles. The zero-order valence-corrected chi connectivity index (χ0v) is 7.97. The van der Waals surface area contributed by atoms with Crippen LogP contribution in [0.25, 0.3) is 10.9 Å². The van der Waals surface area contributed by atoms with Crippen LogP contribution in [0.2, 0.25) is 0 Å². The zero-order valence-electron chi connectivity index (χ0n) is 7.97. The van der Waals surface area contributed by atoms with Crippen molar-refractivity contribution in [3.05, 3.63) is 40.6 Å². The van der Waals surface area contributed by atoms with Crippen LogP contribution in [0, 0.1) is 0 Å². The molecule has 2 aromatic rings. The summed E-state index contributed by atoms with van der Waals surface area (Å²) in [5.74, 6) is -1.75. The fourth-order valence-electron chi connectivity index (χ4n) is 1.76. The van der Waals surface area contributed by atoms with Gasteiger partial charge >= 0.3 is 11.9 Å². The highest BCUT2D eigenvalue weighted by molar-refractivity contribution is 6.37. The summed E-state index contributed by atoms with van der Waals surface area (Å²) in [6.07, 6.45) is 0. The monoisotopic (exact) mass is 215 g/mol. The molecule has 0 saturated carbocycles. The maximum Gasteiger partial charge on any atom is 0.404 e. The van der Waals surface area contributed by atoms with Crippen LogP contribution in [-0.2, 0) is 4.79 Å². The predicted molar refractivity (Wildman–Crippen MR) is 54.5 cm³/mol. The van der Waals surface area contributed by atoms with E-state index in [1.54, 1.807) is 24.3 Å². The van der Waals surface area contributed by atoms with E-state index in [9.17, 15) is 14.4 Å². The number of hydrogen-bond donors (Lipinski definition) is 0. The van der Waals surface area contributed by atoms with Gasteiger partial charge in [-0.15, -0.1) is 0 Å². The van der Waals surface area contributed by atoms with Crippen molar-refractivity contribution in [3.63, 3.8) is 0 Å². The third-order valence-corrected chi connectivity index (χ3v) is 2.46. The SMILES string of the molecule is O=C1Oc2cc(=O)c3ccccc3n2C1=O. The second kappa shape index (κ2) is 2.79. The van der Waals surface area contributed by atoms with Crippen LogP contribution in [0.4, 0.5) is 0 Å². The standard InChI is InChI=1S/C11H5NO4/c13-8-5-9-12(10(14)11(15)16-9)7-4-2-1-3-6(7)8/h1-5H. The lowest BCUT2D eigenvalue weighted by Gasteiger charge is -2.03. The van der Waals surface area contributed by atoms with Crippen LogP contribution < -0.4 is 10.2 Å². The Morgan fingerprint density at radius 2 is 1.81 bits per heavy atom. The quantitative estimate of drug-likeness (QED) is 0.475. The second-order valence-electron chi connectivity index (χ2n) is 3.39. The molecule has 16 heavy (non-hydrogen) atoms. The van der Waals surface area contributed by atoms with Crippen molar-refractivity contribution in [2.75, 3.05) is 0 Å². The molecule has 0 atom stereocenters. The predicted octanol–water partition coefficient (Wildman–Crippen LogP) is 0.561. The minimum absolute atomic E-state index is 0.0151. The van der Waals surface area contributed by atoms with Crippen molar-refractivity contribution in [2.45, 2.75) is 0 Å². The van der Waals surface area contributed by atoms with Crippen LogP contribution in [-0.4, -0.2) is 16.4 Å². The largest absolute Gasteiger partial charge is 0.404 e. The summed E-state index contributed by atoms with van der Waals surface area (Å²) in [6, 6.07) is 7.72. The molecule has 1 aliphatic rings. The lowest BCUT2D eigenvalue weighted by atomic mass is 10.2. The van der Waals surface area contributed by atoms with Gasteiger partial charge in [-0.25, -0.2) is 9.36 Å². The van der Waals surface area contributed by atoms with E-state index in [1.807, 2.05) is 0 Å². The molecular weight excluding hydrogens is 210 g/mol. The Bertz CT molecular complexity index is 699. The van der Waals surface area contributed by atoms with Crippen molar-refractivity contribution in [1.82, 2.24) is 4.57 Å². The minimum atomic E-state index is -0.962. The molecule has 78 valence electrons. The number of fused-ring (bicyclic) bond motifs is 3. The van der Waals surface area contributed by atoms with E-state index in [4.69, 9.17) is 0 Å². The normalized spacial score (nSPS) is 14.0. The number of para-hydroxylation sites is 1. The van der Waals surface area contributed by atoms with E-state index in [0.717, 1.165) is 10.6 Å². The van der Waals surface area contributed by atoms with Crippen molar-refractivity contribution in [2.24, 2.45) is 0 Å². The summed E-state index contributed by atoms with van der Waals surface area (Å²) in [5, 5.41) is 0.387. The lowest BCUT2D eigenvalue weighted by Crippen LogP contribution is -2.16. The first-order chi connectivity index (χ1) is 7.68. The molecule has 0 unspecified atom stereocenters. The Hall–Kier alpha value is -2.43. The molecule has 2 heterocycles. The molecule has 0 bridgehead atoms. The number of hydrogen-bond acceptors (Lipinski definition) is 4. The van der Waals surface area contributed by atoms with Crippen molar-refractivity contribution >= 4 is 22.8 Å². The Morgan fingerprint density at radius 1 is 1.06 bits per heavy atom. The Morgan fingerprint density at radius 3 is 2.62 bits per heavy atom. The van der Waals surface area contributed by atoms with E-state index in [1.165, 1.54) is 0 Å². The summed E-state index contributed by atoms with van der Waals surface area (Å²) in [5.41, 5.74) is 0.116. The maximum atomic E-state index is 11.6. The van der Waals surface area contributed by atoms with Crippen molar-refractivity contribution in [1.29, 1.82) is 0 Å². The third-order valence-electron chi connectivity index (χ3n) is 2.46. The highest BCUT2D eigenvalue weighted by Crippen LogP contribution is 2.22. The molecule has 5 heteroatoms. The van der Waals surface area contributed by atoms with Crippen LogP contribution in [0.1, 0.15) is 4.79 Å². The molecule has 0 radical (unpaired) electrons. The Balaban J connectivity index is 2.54. The zero-order chi connectivity index (χ0) is 11.3. The van der Waals surface area contributed by atoms with Crippen LogP contribution >= 0.6 is 0 Å².